The van der Waals surface area contributed by atoms with Gasteiger partial charge in [-0.2, -0.15) is 9.61 Å². The van der Waals surface area contributed by atoms with Crippen LogP contribution in [0.4, 0.5) is 5.82 Å². The number of anilines is 1. The summed E-state index contributed by atoms with van der Waals surface area (Å²) in [6, 6.07) is 11.5. The van der Waals surface area contributed by atoms with Crippen LogP contribution in [0.15, 0.2) is 53.3 Å². The highest BCUT2D eigenvalue weighted by molar-refractivity contribution is 9.10. The summed E-state index contributed by atoms with van der Waals surface area (Å²) < 4.78 is 2.34. The number of carboxylic acids is 1. The lowest BCUT2D eigenvalue weighted by atomic mass is 9.80. The van der Waals surface area contributed by atoms with Crippen LogP contribution >= 0.6 is 27.5 Å². The summed E-state index contributed by atoms with van der Waals surface area (Å²) in [4.78, 5) is 20.9. The van der Waals surface area contributed by atoms with Gasteiger partial charge in [0.1, 0.15) is 5.82 Å². The van der Waals surface area contributed by atoms with Crippen molar-refractivity contribution >= 4 is 45.0 Å². The minimum atomic E-state index is -0.721. The number of carboxylic acid groups (broad SMARTS) is 1. The topological polar surface area (TPSA) is 106 Å². The summed E-state index contributed by atoms with van der Waals surface area (Å²) in [5, 5.41) is 14.4. The molecule has 0 saturated heterocycles. The summed E-state index contributed by atoms with van der Waals surface area (Å²) in [5.74, 6) is -0.386. The largest absolute Gasteiger partial charge is 0.481 e. The van der Waals surface area contributed by atoms with Crippen LogP contribution in [-0.4, -0.2) is 30.7 Å². The molecule has 1 fully saturated rings. The third-order valence-electron chi connectivity index (χ3n) is 6.34. The normalized spacial score (nSPS) is 18.5. The van der Waals surface area contributed by atoms with Crippen LogP contribution in [-0.2, 0) is 4.79 Å². The van der Waals surface area contributed by atoms with Crippen molar-refractivity contribution in [2.75, 3.05) is 5.73 Å². The molecule has 0 aliphatic heterocycles. The molecule has 3 N–H and O–H groups in total. The Kier molecular flexibility index (Phi) is 5.80. The number of pyridine rings is 1. The predicted molar refractivity (Wildman–Crippen MR) is 131 cm³/mol. The fraction of sp³-hybridized carbons (Fsp3) is 0.250. The van der Waals surface area contributed by atoms with Crippen LogP contribution in [0.2, 0.25) is 5.02 Å². The first kappa shape index (κ1) is 21.9. The number of carbonyl (C=O) groups is 1. The number of aliphatic carboxylic acids is 1. The Morgan fingerprint density at radius 2 is 1.85 bits per heavy atom. The molecule has 9 heteroatoms. The molecule has 33 heavy (non-hydrogen) atoms. The molecule has 0 amide bonds. The molecule has 7 nitrogen and oxygen atoms in total. The molecule has 3 heterocycles. The zero-order valence-electron chi connectivity index (χ0n) is 17.6. The lowest BCUT2D eigenvalue weighted by Crippen LogP contribution is -2.21. The Morgan fingerprint density at radius 3 is 2.52 bits per heavy atom. The summed E-state index contributed by atoms with van der Waals surface area (Å²) in [5.41, 5.74) is 11.3. The van der Waals surface area contributed by atoms with Crippen LogP contribution in [0.25, 0.3) is 28.0 Å². The SMILES string of the molecule is Nc1c(Br)c([C@H]2CC[C@H](C(=O)O)CC2)nc2c(-c3ccc(-c4ccccc4Cl)nc3)cnn12. The van der Waals surface area contributed by atoms with E-state index in [4.69, 9.17) is 22.3 Å². The van der Waals surface area contributed by atoms with Gasteiger partial charge in [-0.1, -0.05) is 35.9 Å². The van der Waals surface area contributed by atoms with Gasteiger partial charge in [-0.3, -0.25) is 9.78 Å². The van der Waals surface area contributed by atoms with Gasteiger partial charge in [0.15, 0.2) is 5.65 Å². The highest BCUT2D eigenvalue weighted by atomic mass is 79.9. The van der Waals surface area contributed by atoms with E-state index in [9.17, 15) is 9.90 Å². The molecule has 1 saturated carbocycles. The highest BCUT2D eigenvalue weighted by Gasteiger charge is 2.30. The van der Waals surface area contributed by atoms with Gasteiger partial charge in [-0.15, -0.1) is 0 Å². The third kappa shape index (κ3) is 3.98. The number of hydrogen-bond acceptors (Lipinski definition) is 5. The zero-order valence-corrected chi connectivity index (χ0v) is 19.9. The monoisotopic (exact) mass is 525 g/mol. The Hall–Kier alpha value is -2.97. The van der Waals surface area contributed by atoms with E-state index in [0.29, 0.717) is 29.3 Å². The number of nitrogen functional groups attached to an aromatic ring is 1. The van der Waals surface area contributed by atoms with Gasteiger partial charge in [0.05, 0.1) is 28.0 Å². The van der Waals surface area contributed by atoms with Gasteiger partial charge >= 0.3 is 5.97 Å². The van der Waals surface area contributed by atoms with Crippen molar-refractivity contribution in [3.8, 4) is 22.4 Å². The average Bonchev–Trinajstić information content (AvgIpc) is 3.26. The number of benzene rings is 1. The number of hydrogen-bond donors (Lipinski definition) is 2. The smallest absolute Gasteiger partial charge is 0.306 e. The van der Waals surface area contributed by atoms with Crippen molar-refractivity contribution in [2.24, 2.45) is 5.92 Å². The van der Waals surface area contributed by atoms with E-state index in [1.165, 1.54) is 0 Å². The fourth-order valence-electron chi connectivity index (χ4n) is 4.48. The zero-order chi connectivity index (χ0) is 23.1. The predicted octanol–water partition coefficient (Wildman–Crippen LogP) is 5.81. The molecule has 4 aromatic rings. The maximum atomic E-state index is 11.3. The summed E-state index contributed by atoms with van der Waals surface area (Å²) in [7, 11) is 0. The average molecular weight is 527 g/mol. The number of nitrogens with two attached hydrogens (primary N) is 1. The molecule has 0 unspecified atom stereocenters. The van der Waals surface area contributed by atoms with Gasteiger partial charge in [-0.25, -0.2) is 4.98 Å². The van der Waals surface area contributed by atoms with Crippen molar-refractivity contribution in [1.29, 1.82) is 0 Å². The molecule has 5 rings (SSSR count). The van der Waals surface area contributed by atoms with Crippen LogP contribution in [0.5, 0.6) is 0 Å². The first-order valence-electron chi connectivity index (χ1n) is 10.7. The van der Waals surface area contributed by atoms with E-state index in [2.05, 4.69) is 26.0 Å². The maximum Gasteiger partial charge on any atom is 0.306 e. The van der Waals surface area contributed by atoms with Crippen molar-refractivity contribution in [3.05, 3.63) is 64.0 Å². The van der Waals surface area contributed by atoms with Gasteiger partial charge in [-0.05, 0) is 53.7 Å². The Bertz CT molecular complexity index is 1350. The third-order valence-corrected chi connectivity index (χ3v) is 7.48. The van der Waals surface area contributed by atoms with Gasteiger partial charge in [0.25, 0.3) is 0 Å². The summed E-state index contributed by atoms with van der Waals surface area (Å²) in [6.07, 6.45) is 6.32. The molecule has 1 aromatic carbocycles. The van der Waals surface area contributed by atoms with E-state index in [1.54, 1.807) is 16.9 Å². The first-order valence-corrected chi connectivity index (χ1v) is 11.9. The number of aromatic nitrogens is 4. The molecule has 0 spiro atoms. The highest BCUT2D eigenvalue weighted by Crippen LogP contribution is 2.40. The van der Waals surface area contributed by atoms with Crippen LogP contribution in [0.3, 0.4) is 0 Å². The second kappa shape index (κ2) is 8.76. The molecule has 0 atom stereocenters. The van der Waals surface area contributed by atoms with Crippen molar-refractivity contribution in [1.82, 2.24) is 19.6 Å². The molecule has 1 aliphatic carbocycles. The first-order chi connectivity index (χ1) is 15.9. The number of halogens is 2. The molecular weight excluding hydrogens is 506 g/mol. The second-order valence-corrected chi connectivity index (χ2v) is 9.49. The van der Waals surface area contributed by atoms with Gasteiger partial charge in [0.2, 0.25) is 0 Å². The summed E-state index contributed by atoms with van der Waals surface area (Å²) in [6.45, 7) is 0. The molecule has 168 valence electrons. The second-order valence-electron chi connectivity index (χ2n) is 8.29. The minimum absolute atomic E-state index is 0.144. The summed E-state index contributed by atoms with van der Waals surface area (Å²) >= 11 is 9.91. The van der Waals surface area contributed by atoms with Crippen LogP contribution in [0.1, 0.15) is 37.3 Å². The van der Waals surface area contributed by atoms with E-state index in [-0.39, 0.29) is 11.8 Å². The Morgan fingerprint density at radius 1 is 1.09 bits per heavy atom. The molecule has 0 radical (unpaired) electrons. The molecule has 1 aliphatic rings. The quantitative estimate of drug-likeness (QED) is 0.347. The molecular formula is C24H21BrClN5O2. The van der Waals surface area contributed by atoms with Crippen molar-refractivity contribution < 1.29 is 9.90 Å². The lowest BCUT2D eigenvalue weighted by molar-refractivity contribution is -0.142. The van der Waals surface area contributed by atoms with Crippen molar-refractivity contribution in [3.63, 3.8) is 0 Å². The van der Waals surface area contributed by atoms with E-state index in [0.717, 1.165) is 45.4 Å². The Balaban J connectivity index is 1.51. The lowest BCUT2D eigenvalue weighted by Gasteiger charge is -2.26. The number of nitrogens with zero attached hydrogens (tertiary/aromatic N) is 4. The van der Waals surface area contributed by atoms with Crippen molar-refractivity contribution in [2.45, 2.75) is 31.6 Å². The van der Waals surface area contributed by atoms with E-state index < -0.39 is 5.97 Å². The molecule has 3 aromatic heterocycles. The van der Waals surface area contributed by atoms with E-state index >= 15 is 0 Å². The van der Waals surface area contributed by atoms with Crippen LogP contribution in [0, 0.1) is 5.92 Å². The van der Waals surface area contributed by atoms with Crippen LogP contribution < -0.4 is 5.73 Å². The minimum Gasteiger partial charge on any atom is -0.481 e. The van der Waals surface area contributed by atoms with Gasteiger partial charge < -0.3 is 10.8 Å². The maximum absolute atomic E-state index is 11.3. The molecule has 0 bridgehead atoms. The number of fused-ring (bicyclic) bond motifs is 1. The van der Waals surface area contributed by atoms with E-state index in [1.807, 2.05) is 36.4 Å². The number of rotatable bonds is 4. The standard InChI is InChI=1S/C24H21BrClN5O2/c25-20-21(13-5-7-14(8-6-13)24(32)33)30-23-17(12-29-31(23)22(20)27)15-9-10-19(28-11-15)16-3-1-2-4-18(16)26/h1-4,9-14H,5-8,27H2,(H,32,33)/t13-,14-. The van der Waals surface area contributed by atoms with Gasteiger partial charge in [0, 0.05) is 33.8 Å². The fourth-order valence-corrected chi connectivity index (χ4v) is 5.30. The Labute approximate surface area is 203 Å².